The van der Waals surface area contributed by atoms with Crippen LogP contribution in [0, 0.1) is 0 Å². The van der Waals surface area contributed by atoms with E-state index >= 15 is 0 Å². The highest BCUT2D eigenvalue weighted by molar-refractivity contribution is 4.59. The van der Waals surface area contributed by atoms with Crippen molar-refractivity contribution in [3.8, 4) is 0 Å². The third kappa shape index (κ3) is 5.37. The topological polar surface area (TPSA) is 12.5 Å². The van der Waals surface area contributed by atoms with Crippen LogP contribution in [0.4, 0.5) is 0 Å². The minimum Gasteiger partial charge on any atom is -0.498 e. The maximum Gasteiger partial charge on any atom is 0.108 e. The third-order valence-corrected chi connectivity index (χ3v) is 0.951. The van der Waals surface area contributed by atoms with E-state index in [1.807, 2.05) is 21.0 Å². The Morgan fingerprint density at radius 3 is 2.56 bits per heavy atom. The first kappa shape index (κ1) is 8.50. The first-order valence-electron chi connectivity index (χ1n) is 3.08. The van der Waals surface area contributed by atoms with E-state index in [2.05, 4.69) is 11.5 Å². The molecule has 54 valence electrons. The van der Waals surface area contributed by atoms with Crippen LogP contribution in [0.15, 0.2) is 12.8 Å². The summed E-state index contributed by atoms with van der Waals surface area (Å²) in [6, 6.07) is 0. The first-order chi connectivity index (χ1) is 4.16. The Morgan fingerprint density at radius 2 is 2.22 bits per heavy atom. The molecule has 1 unspecified atom stereocenters. The fraction of sp³-hybridized carbons (Fsp3) is 0.714. The molecule has 1 atom stereocenters. The summed E-state index contributed by atoms with van der Waals surface area (Å²) >= 11 is 0. The van der Waals surface area contributed by atoms with E-state index in [-0.39, 0.29) is 6.10 Å². The Labute approximate surface area is 57.1 Å². The monoisotopic (exact) mass is 129 g/mol. The van der Waals surface area contributed by atoms with Crippen LogP contribution in [0.25, 0.3) is 0 Å². The highest BCUT2D eigenvalue weighted by atomic mass is 16.5. The number of ether oxygens (including phenoxy) is 1. The lowest BCUT2D eigenvalue weighted by atomic mass is 10.4. The highest BCUT2D eigenvalue weighted by Gasteiger charge is 1.99. The number of rotatable bonds is 4. The van der Waals surface area contributed by atoms with Gasteiger partial charge in [-0.3, -0.25) is 0 Å². The Kier molecular flexibility index (Phi) is 4.14. The lowest BCUT2D eigenvalue weighted by Gasteiger charge is -2.15. The Balaban J connectivity index is 3.25. The predicted molar refractivity (Wildman–Crippen MR) is 39.3 cm³/mol. The summed E-state index contributed by atoms with van der Waals surface area (Å²) in [4.78, 5) is 2.08. The van der Waals surface area contributed by atoms with Gasteiger partial charge >= 0.3 is 0 Å². The minimum atomic E-state index is 0.248. The SMILES string of the molecule is C=COC(C)CN(C)C. The van der Waals surface area contributed by atoms with Gasteiger partial charge in [0.2, 0.25) is 0 Å². The second-order valence-electron chi connectivity index (χ2n) is 2.38. The minimum absolute atomic E-state index is 0.248. The third-order valence-electron chi connectivity index (χ3n) is 0.951. The van der Waals surface area contributed by atoms with Gasteiger partial charge in [0.1, 0.15) is 6.10 Å². The fourth-order valence-electron chi connectivity index (χ4n) is 0.722. The molecule has 0 bridgehead atoms. The molecule has 0 amide bonds. The first-order valence-corrected chi connectivity index (χ1v) is 3.08. The molecular formula is C7H15NO. The van der Waals surface area contributed by atoms with E-state index in [0.717, 1.165) is 6.54 Å². The molecule has 0 saturated carbocycles. The van der Waals surface area contributed by atoms with Crippen molar-refractivity contribution in [1.82, 2.24) is 4.90 Å². The molecule has 0 aromatic carbocycles. The van der Waals surface area contributed by atoms with Crippen molar-refractivity contribution in [3.63, 3.8) is 0 Å². The zero-order valence-corrected chi connectivity index (χ0v) is 6.42. The molecule has 0 saturated heterocycles. The smallest absolute Gasteiger partial charge is 0.108 e. The molecule has 2 heteroatoms. The summed E-state index contributed by atoms with van der Waals surface area (Å²) < 4.78 is 5.07. The van der Waals surface area contributed by atoms with Gasteiger partial charge in [-0.05, 0) is 21.0 Å². The number of hydrogen-bond acceptors (Lipinski definition) is 2. The normalized spacial score (nSPS) is 13.3. The van der Waals surface area contributed by atoms with E-state index < -0.39 is 0 Å². The van der Waals surface area contributed by atoms with Crippen LogP contribution in [0.2, 0.25) is 0 Å². The zero-order valence-electron chi connectivity index (χ0n) is 6.42. The number of hydrogen-bond donors (Lipinski definition) is 0. The summed E-state index contributed by atoms with van der Waals surface area (Å²) in [7, 11) is 4.03. The van der Waals surface area contributed by atoms with E-state index in [9.17, 15) is 0 Å². The van der Waals surface area contributed by atoms with Gasteiger partial charge in [0.05, 0.1) is 6.26 Å². The lowest BCUT2D eigenvalue weighted by Crippen LogP contribution is -2.24. The molecule has 9 heavy (non-hydrogen) atoms. The summed E-state index contributed by atoms with van der Waals surface area (Å²) in [6.45, 7) is 6.42. The average Bonchev–Trinajstić information content (AvgIpc) is 1.63. The van der Waals surface area contributed by atoms with Crippen molar-refractivity contribution in [3.05, 3.63) is 12.8 Å². The fourth-order valence-corrected chi connectivity index (χ4v) is 0.722. The van der Waals surface area contributed by atoms with Gasteiger partial charge in [0, 0.05) is 6.54 Å². The van der Waals surface area contributed by atoms with E-state index in [1.165, 1.54) is 6.26 Å². The van der Waals surface area contributed by atoms with Crippen molar-refractivity contribution in [2.24, 2.45) is 0 Å². The van der Waals surface area contributed by atoms with Crippen molar-refractivity contribution in [2.45, 2.75) is 13.0 Å². The van der Waals surface area contributed by atoms with Gasteiger partial charge in [-0.1, -0.05) is 6.58 Å². The molecule has 0 N–H and O–H groups in total. The molecule has 0 aliphatic heterocycles. The molecule has 0 rings (SSSR count). The summed E-state index contributed by atoms with van der Waals surface area (Å²) in [6.07, 6.45) is 1.73. The zero-order chi connectivity index (χ0) is 7.28. The molecule has 0 fully saturated rings. The molecule has 0 aromatic rings. The highest BCUT2D eigenvalue weighted by Crippen LogP contribution is 1.91. The predicted octanol–water partition coefficient (Wildman–Crippen LogP) is 1.10. The molecule has 0 radical (unpaired) electrons. The van der Waals surface area contributed by atoms with Crippen molar-refractivity contribution in [1.29, 1.82) is 0 Å². The standard InChI is InChI=1S/C7H15NO/c1-5-9-7(2)6-8(3)4/h5,7H,1,6H2,2-4H3. The average molecular weight is 129 g/mol. The molecule has 0 aliphatic rings. The number of nitrogens with zero attached hydrogens (tertiary/aromatic N) is 1. The largest absolute Gasteiger partial charge is 0.498 e. The van der Waals surface area contributed by atoms with Crippen LogP contribution >= 0.6 is 0 Å². The Morgan fingerprint density at radius 1 is 1.67 bits per heavy atom. The second-order valence-corrected chi connectivity index (χ2v) is 2.38. The summed E-state index contributed by atoms with van der Waals surface area (Å²) in [5.41, 5.74) is 0. The second kappa shape index (κ2) is 4.39. The van der Waals surface area contributed by atoms with Crippen LogP contribution in [-0.4, -0.2) is 31.6 Å². The number of likely N-dealkylation sites (N-methyl/N-ethyl adjacent to an activating group) is 1. The molecule has 0 aromatic heterocycles. The van der Waals surface area contributed by atoms with E-state index in [1.54, 1.807) is 0 Å². The quantitative estimate of drug-likeness (QED) is 0.527. The summed E-state index contributed by atoms with van der Waals surface area (Å²) in [5.74, 6) is 0. The van der Waals surface area contributed by atoms with Crippen LogP contribution in [0.5, 0.6) is 0 Å². The van der Waals surface area contributed by atoms with Crippen LogP contribution in [0.3, 0.4) is 0 Å². The van der Waals surface area contributed by atoms with Crippen LogP contribution in [-0.2, 0) is 4.74 Å². The molecule has 0 aliphatic carbocycles. The molecule has 2 nitrogen and oxygen atoms in total. The van der Waals surface area contributed by atoms with Gasteiger partial charge in [-0.15, -0.1) is 0 Å². The van der Waals surface area contributed by atoms with Gasteiger partial charge in [-0.2, -0.15) is 0 Å². The van der Waals surface area contributed by atoms with Gasteiger partial charge < -0.3 is 9.64 Å². The molecule has 0 spiro atoms. The van der Waals surface area contributed by atoms with E-state index in [0.29, 0.717) is 0 Å². The van der Waals surface area contributed by atoms with Gasteiger partial charge in [0.25, 0.3) is 0 Å². The van der Waals surface area contributed by atoms with Gasteiger partial charge in [0.15, 0.2) is 0 Å². The van der Waals surface area contributed by atoms with Crippen molar-refractivity contribution in [2.75, 3.05) is 20.6 Å². The Bertz CT molecular complexity index is 81.0. The van der Waals surface area contributed by atoms with Gasteiger partial charge in [-0.25, -0.2) is 0 Å². The Hall–Kier alpha value is -0.500. The van der Waals surface area contributed by atoms with E-state index in [4.69, 9.17) is 4.74 Å². The van der Waals surface area contributed by atoms with Crippen molar-refractivity contribution >= 4 is 0 Å². The maximum atomic E-state index is 5.07. The van der Waals surface area contributed by atoms with Crippen LogP contribution in [0.1, 0.15) is 6.92 Å². The lowest BCUT2D eigenvalue weighted by molar-refractivity contribution is 0.130. The maximum absolute atomic E-state index is 5.07. The molecule has 0 heterocycles. The molecular weight excluding hydrogens is 114 g/mol. The van der Waals surface area contributed by atoms with Crippen molar-refractivity contribution < 1.29 is 4.74 Å². The summed E-state index contributed by atoms with van der Waals surface area (Å²) in [5, 5.41) is 0. The van der Waals surface area contributed by atoms with Crippen LogP contribution < -0.4 is 0 Å².